The Kier molecular flexibility index (Phi) is 4.51. The maximum Gasteiger partial charge on any atom is 0.167 e. The van der Waals surface area contributed by atoms with Crippen molar-refractivity contribution >= 4 is 40.6 Å². The molecule has 0 spiro atoms. The Bertz CT molecular complexity index is 615. The highest BCUT2D eigenvalue weighted by molar-refractivity contribution is 6.42. The van der Waals surface area contributed by atoms with Crippen LogP contribution in [0, 0.1) is 6.92 Å². The van der Waals surface area contributed by atoms with Crippen LogP contribution < -0.4 is 0 Å². The largest absolute Gasteiger partial charge is 0.294 e. The molecule has 0 saturated carbocycles. The number of aryl methyl sites for hydroxylation is 1. The Morgan fingerprint density at radius 1 is 1.00 bits per heavy atom. The van der Waals surface area contributed by atoms with Crippen molar-refractivity contribution in [3.05, 3.63) is 68.2 Å². The minimum atomic E-state index is 0.00369. The Labute approximate surface area is 127 Å². The molecule has 0 fully saturated rings. The Morgan fingerprint density at radius 3 is 2.37 bits per heavy atom. The van der Waals surface area contributed by atoms with Crippen LogP contribution in [0.15, 0.2) is 36.4 Å². The fourth-order valence-electron chi connectivity index (χ4n) is 1.83. The predicted molar refractivity (Wildman–Crippen MR) is 80.7 cm³/mol. The van der Waals surface area contributed by atoms with Crippen LogP contribution in [0.2, 0.25) is 15.1 Å². The summed E-state index contributed by atoms with van der Waals surface area (Å²) in [6.07, 6.45) is 0.274. The van der Waals surface area contributed by atoms with Crippen molar-refractivity contribution in [1.29, 1.82) is 0 Å². The molecule has 1 nitrogen and oxygen atoms in total. The van der Waals surface area contributed by atoms with E-state index in [2.05, 4.69) is 0 Å². The molecular weight excluding hydrogens is 303 g/mol. The van der Waals surface area contributed by atoms with Gasteiger partial charge >= 0.3 is 0 Å². The van der Waals surface area contributed by atoms with Gasteiger partial charge in [-0.25, -0.2) is 0 Å². The maximum absolute atomic E-state index is 12.2. The van der Waals surface area contributed by atoms with Gasteiger partial charge in [0.2, 0.25) is 0 Å². The number of carbonyl (C=O) groups excluding carboxylic acids is 1. The quantitative estimate of drug-likeness (QED) is 0.695. The molecule has 0 amide bonds. The van der Waals surface area contributed by atoms with Crippen LogP contribution in [0.5, 0.6) is 0 Å². The first-order valence-corrected chi connectivity index (χ1v) is 6.83. The third-order valence-corrected chi connectivity index (χ3v) is 3.67. The number of halogens is 3. The van der Waals surface area contributed by atoms with E-state index in [4.69, 9.17) is 34.8 Å². The molecule has 4 heteroatoms. The number of Topliss-reactive ketones (excluding diaryl/α,β-unsaturated/α-hetero) is 1. The minimum Gasteiger partial charge on any atom is -0.294 e. The van der Waals surface area contributed by atoms with Gasteiger partial charge in [0.15, 0.2) is 5.78 Å². The van der Waals surface area contributed by atoms with Gasteiger partial charge in [-0.15, -0.1) is 0 Å². The van der Waals surface area contributed by atoms with Crippen molar-refractivity contribution in [1.82, 2.24) is 0 Å². The molecule has 98 valence electrons. The number of benzene rings is 2. The van der Waals surface area contributed by atoms with Crippen molar-refractivity contribution in [3.63, 3.8) is 0 Å². The average molecular weight is 314 g/mol. The summed E-state index contributed by atoms with van der Waals surface area (Å²) < 4.78 is 0. The van der Waals surface area contributed by atoms with Crippen molar-refractivity contribution in [2.45, 2.75) is 13.3 Å². The maximum atomic E-state index is 12.2. The van der Waals surface area contributed by atoms with Crippen LogP contribution in [-0.4, -0.2) is 5.78 Å². The second-order valence-electron chi connectivity index (χ2n) is 4.37. The highest BCUT2D eigenvalue weighted by Crippen LogP contribution is 2.23. The van der Waals surface area contributed by atoms with Crippen LogP contribution in [0.1, 0.15) is 21.5 Å². The van der Waals surface area contributed by atoms with E-state index in [1.807, 2.05) is 19.1 Å². The van der Waals surface area contributed by atoms with Crippen LogP contribution in [0.3, 0.4) is 0 Å². The molecule has 0 aromatic heterocycles. The molecule has 0 atom stereocenters. The number of hydrogen-bond donors (Lipinski definition) is 0. The Morgan fingerprint density at radius 2 is 1.74 bits per heavy atom. The van der Waals surface area contributed by atoms with Gasteiger partial charge in [-0.05, 0) is 48.4 Å². The van der Waals surface area contributed by atoms with Crippen LogP contribution in [0.25, 0.3) is 0 Å². The summed E-state index contributed by atoms with van der Waals surface area (Å²) in [5.74, 6) is 0.00369. The van der Waals surface area contributed by atoms with E-state index in [-0.39, 0.29) is 12.2 Å². The number of hydrogen-bond acceptors (Lipinski definition) is 1. The molecule has 0 unspecified atom stereocenters. The van der Waals surface area contributed by atoms with Crippen molar-refractivity contribution in [2.24, 2.45) is 0 Å². The summed E-state index contributed by atoms with van der Waals surface area (Å²) in [4.78, 5) is 12.2. The predicted octanol–water partition coefficient (Wildman–Crippen LogP) is 5.38. The molecule has 0 bridgehead atoms. The number of rotatable bonds is 3. The van der Waals surface area contributed by atoms with Gasteiger partial charge in [-0.2, -0.15) is 0 Å². The number of carbonyl (C=O) groups is 1. The molecule has 0 N–H and O–H groups in total. The molecule has 19 heavy (non-hydrogen) atoms. The van der Waals surface area contributed by atoms with Crippen molar-refractivity contribution < 1.29 is 4.79 Å². The van der Waals surface area contributed by atoms with Crippen molar-refractivity contribution in [3.8, 4) is 0 Å². The summed E-state index contributed by atoms with van der Waals surface area (Å²) in [7, 11) is 0. The van der Waals surface area contributed by atoms with Gasteiger partial charge in [0.05, 0.1) is 10.0 Å². The van der Waals surface area contributed by atoms with Gasteiger partial charge in [0.1, 0.15) is 0 Å². The molecule has 2 aromatic carbocycles. The van der Waals surface area contributed by atoms with E-state index in [9.17, 15) is 4.79 Å². The third-order valence-electron chi connectivity index (χ3n) is 2.71. The molecular formula is C15H11Cl3O. The van der Waals surface area contributed by atoms with Gasteiger partial charge in [0.25, 0.3) is 0 Å². The van der Waals surface area contributed by atoms with E-state index in [0.717, 1.165) is 11.1 Å². The molecule has 0 aliphatic carbocycles. The van der Waals surface area contributed by atoms with E-state index < -0.39 is 0 Å². The normalized spacial score (nSPS) is 10.5. The summed E-state index contributed by atoms with van der Waals surface area (Å²) >= 11 is 17.7. The average Bonchev–Trinajstić information content (AvgIpc) is 2.32. The molecule has 0 saturated heterocycles. The fraction of sp³-hybridized carbons (Fsp3) is 0.133. The lowest BCUT2D eigenvalue weighted by Crippen LogP contribution is -2.04. The lowest BCUT2D eigenvalue weighted by molar-refractivity contribution is 0.0993. The van der Waals surface area contributed by atoms with Crippen molar-refractivity contribution in [2.75, 3.05) is 0 Å². The van der Waals surface area contributed by atoms with E-state index in [1.54, 1.807) is 24.3 Å². The highest BCUT2D eigenvalue weighted by atomic mass is 35.5. The topological polar surface area (TPSA) is 17.1 Å². The standard InChI is InChI=1S/C15H11Cl3O/c1-9-4-11(8-12(16)5-9)15(19)7-10-2-3-13(17)14(18)6-10/h2-6,8H,7H2,1H3. The molecule has 2 rings (SSSR count). The Balaban J connectivity index is 2.22. The molecule has 0 aliphatic heterocycles. The molecule has 0 radical (unpaired) electrons. The SMILES string of the molecule is Cc1cc(Cl)cc(C(=O)Cc2ccc(Cl)c(Cl)c2)c1. The van der Waals surface area contributed by atoms with Gasteiger partial charge in [-0.3, -0.25) is 4.79 Å². The first-order chi connectivity index (χ1) is 8.95. The van der Waals surface area contributed by atoms with E-state index >= 15 is 0 Å². The third kappa shape index (κ3) is 3.73. The second kappa shape index (κ2) is 5.96. The van der Waals surface area contributed by atoms with Crippen LogP contribution in [-0.2, 0) is 6.42 Å². The highest BCUT2D eigenvalue weighted by Gasteiger charge is 2.09. The van der Waals surface area contributed by atoms with E-state index in [0.29, 0.717) is 20.6 Å². The zero-order valence-electron chi connectivity index (χ0n) is 10.2. The summed E-state index contributed by atoms with van der Waals surface area (Å²) in [5, 5.41) is 1.50. The van der Waals surface area contributed by atoms with E-state index in [1.165, 1.54) is 0 Å². The van der Waals surface area contributed by atoms with Gasteiger partial charge in [0, 0.05) is 17.0 Å². The summed E-state index contributed by atoms with van der Waals surface area (Å²) in [6.45, 7) is 1.90. The summed E-state index contributed by atoms with van der Waals surface area (Å²) in [5.41, 5.74) is 2.40. The Hall–Kier alpha value is -1.02. The van der Waals surface area contributed by atoms with Crippen LogP contribution in [0.4, 0.5) is 0 Å². The zero-order chi connectivity index (χ0) is 14.0. The first kappa shape index (κ1) is 14.4. The minimum absolute atomic E-state index is 0.00369. The fourth-order valence-corrected chi connectivity index (χ4v) is 2.44. The molecule has 0 heterocycles. The van der Waals surface area contributed by atoms with Crippen LogP contribution >= 0.6 is 34.8 Å². The second-order valence-corrected chi connectivity index (χ2v) is 5.62. The molecule has 0 aliphatic rings. The lowest BCUT2D eigenvalue weighted by Gasteiger charge is -2.05. The molecule has 2 aromatic rings. The summed E-state index contributed by atoms with van der Waals surface area (Å²) in [6, 6.07) is 10.5. The zero-order valence-corrected chi connectivity index (χ0v) is 12.5. The lowest BCUT2D eigenvalue weighted by atomic mass is 10.0. The monoisotopic (exact) mass is 312 g/mol. The smallest absolute Gasteiger partial charge is 0.167 e. The van der Waals surface area contributed by atoms with Gasteiger partial charge in [-0.1, -0.05) is 40.9 Å². The first-order valence-electron chi connectivity index (χ1n) is 5.70. The van der Waals surface area contributed by atoms with Gasteiger partial charge < -0.3 is 0 Å². The number of ketones is 1.